The Balaban J connectivity index is 1.42. The largest absolute Gasteiger partial charge is 0.407 e. The lowest BCUT2D eigenvalue weighted by atomic mass is 9.97. The first-order valence-corrected chi connectivity index (χ1v) is 8.36. The Hall–Kier alpha value is -1.92. The number of benzene rings is 1. The molecule has 0 radical (unpaired) electrons. The van der Waals surface area contributed by atoms with Gasteiger partial charge >= 0.3 is 6.01 Å². The summed E-state index contributed by atoms with van der Waals surface area (Å²) in [5, 5.41) is 11.0. The first-order chi connectivity index (χ1) is 11.3. The highest BCUT2D eigenvalue weighted by Gasteiger charge is 2.20. The van der Waals surface area contributed by atoms with Gasteiger partial charge in [-0.25, -0.2) is 0 Å². The maximum Gasteiger partial charge on any atom is 0.315 e. The van der Waals surface area contributed by atoms with E-state index in [2.05, 4.69) is 50.7 Å². The lowest BCUT2D eigenvalue weighted by Crippen LogP contribution is -2.39. The molecule has 6 heteroatoms. The van der Waals surface area contributed by atoms with Crippen LogP contribution in [0.1, 0.15) is 24.3 Å². The topological polar surface area (TPSA) is 80.2 Å². The number of hydrogen-bond acceptors (Lipinski definition) is 6. The van der Waals surface area contributed by atoms with Crippen LogP contribution in [0.2, 0.25) is 0 Å². The summed E-state index contributed by atoms with van der Waals surface area (Å²) < 4.78 is 5.38. The van der Waals surface area contributed by atoms with Crippen molar-refractivity contribution in [3.8, 4) is 0 Å². The molecule has 2 heterocycles. The van der Waals surface area contributed by atoms with Crippen LogP contribution in [0.15, 0.2) is 34.7 Å². The first-order valence-electron chi connectivity index (χ1n) is 8.36. The van der Waals surface area contributed by atoms with Gasteiger partial charge in [-0.3, -0.25) is 0 Å². The highest BCUT2D eigenvalue weighted by atomic mass is 16.4. The van der Waals surface area contributed by atoms with E-state index < -0.39 is 0 Å². The number of rotatable bonds is 7. The van der Waals surface area contributed by atoms with Crippen LogP contribution in [-0.2, 0) is 13.0 Å². The number of nitrogens with zero attached hydrogens (tertiary/aromatic N) is 3. The molecule has 1 atom stereocenters. The number of nitrogens with one attached hydrogen (secondary N) is 1. The summed E-state index contributed by atoms with van der Waals surface area (Å²) in [6.45, 7) is 4.59. The molecule has 3 rings (SSSR count). The fourth-order valence-corrected chi connectivity index (χ4v) is 3.09. The number of nitrogens with two attached hydrogens (primary N) is 1. The predicted molar refractivity (Wildman–Crippen MR) is 90.0 cm³/mol. The second-order valence-electron chi connectivity index (χ2n) is 6.13. The monoisotopic (exact) mass is 315 g/mol. The van der Waals surface area contributed by atoms with Crippen LogP contribution in [0.4, 0.5) is 6.01 Å². The molecule has 1 unspecified atom stereocenters. The van der Waals surface area contributed by atoms with Gasteiger partial charge in [0.2, 0.25) is 5.89 Å². The lowest BCUT2D eigenvalue weighted by molar-refractivity contribution is 0.182. The van der Waals surface area contributed by atoms with Crippen molar-refractivity contribution in [2.45, 2.75) is 25.8 Å². The molecule has 0 amide bonds. The Kier molecular flexibility index (Phi) is 5.60. The van der Waals surface area contributed by atoms with E-state index in [1.165, 1.54) is 24.9 Å². The summed E-state index contributed by atoms with van der Waals surface area (Å²) in [5.74, 6) is 1.09. The SMILES string of the molecule is NCc1nnc(NCC2CCCN(CCc3ccccc3)C2)o1. The number of piperidine rings is 1. The molecule has 1 aliphatic heterocycles. The minimum atomic E-state index is 0.283. The van der Waals surface area contributed by atoms with Gasteiger partial charge in [0.05, 0.1) is 6.54 Å². The zero-order valence-electron chi connectivity index (χ0n) is 13.4. The highest BCUT2D eigenvalue weighted by Crippen LogP contribution is 2.18. The van der Waals surface area contributed by atoms with Crippen molar-refractivity contribution in [2.24, 2.45) is 11.7 Å². The van der Waals surface area contributed by atoms with Gasteiger partial charge in [0.15, 0.2) is 0 Å². The van der Waals surface area contributed by atoms with E-state index in [0.717, 1.165) is 26.1 Å². The van der Waals surface area contributed by atoms with Crippen molar-refractivity contribution < 1.29 is 4.42 Å². The van der Waals surface area contributed by atoms with Gasteiger partial charge in [-0.1, -0.05) is 35.4 Å². The van der Waals surface area contributed by atoms with Gasteiger partial charge in [0.25, 0.3) is 0 Å². The van der Waals surface area contributed by atoms with Crippen LogP contribution >= 0.6 is 0 Å². The number of aromatic nitrogens is 2. The average molecular weight is 315 g/mol. The summed E-state index contributed by atoms with van der Waals surface area (Å²) in [5.41, 5.74) is 6.88. The maximum absolute atomic E-state index is 5.47. The third-order valence-corrected chi connectivity index (χ3v) is 4.35. The molecular formula is C17H25N5O. The van der Waals surface area contributed by atoms with Crippen LogP contribution in [-0.4, -0.2) is 41.3 Å². The molecule has 0 aliphatic carbocycles. The van der Waals surface area contributed by atoms with Crippen LogP contribution in [0, 0.1) is 5.92 Å². The fraction of sp³-hybridized carbons (Fsp3) is 0.529. The van der Waals surface area contributed by atoms with Gasteiger partial charge in [-0.05, 0) is 37.3 Å². The Morgan fingerprint density at radius 2 is 2.13 bits per heavy atom. The molecule has 1 saturated heterocycles. The number of likely N-dealkylation sites (tertiary alicyclic amines) is 1. The molecule has 2 aromatic rings. The number of hydrogen-bond donors (Lipinski definition) is 2. The van der Waals surface area contributed by atoms with E-state index in [-0.39, 0.29) is 6.54 Å². The Morgan fingerprint density at radius 3 is 2.91 bits per heavy atom. The first kappa shape index (κ1) is 16.0. The highest BCUT2D eigenvalue weighted by molar-refractivity contribution is 5.17. The maximum atomic E-state index is 5.47. The molecule has 0 spiro atoms. The van der Waals surface area contributed by atoms with Crippen molar-refractivity contribution in [3.63, 3.8) is 0 Å². The second kappa shape index (κ2) is 8.08. The standard InChI is InChI=1S/C17H25N5O/c18-11-16-20-21-17(23-16)19-12-15-7-4-9-22(13-15)10-8-14-5-2-1-3-6-14/h1-3,5-6,15H,4,7-13,18H2,(H,19,21). The summed E-state index contributed by atoms with van der Waals surface area (Å²) in [6.07, 6.45) is 3.61. The summed E-state index contributed by atoms with van der Waals surface area (Å²) >= 11 is 0. The zero-order chi connectivity index (χ0) is 15.9. The van der Waals surface area contributed by atoms with E-state index in [1.54, 1.807) is 0 Å². The van der Waals surface area contributed by atoms with Crippen LogP contribution in [0.25, 0.3) is 0 Å². The van der Waals surface area contributed by atoms with E-state index >= 15 is 0 Å². The summed E-state index contributed by atoms with van der Waals surface area (Å²) in [7, 11) is 0. The molecule has 0 bridgehead atoms. The minimum Gasteiger partial charge on any atom is -0.407 e. The Morgan fingerprint density at radius 1 is 1.26 bits per heavy atom. The normalized spacial score (nSPS) is 18.9. The van der Waals surface area contributed by atoms with Gasteiger partial charge in [-0.2, -0.15) is 0 Å². The van der Waals surface area contributed by atoms with E-state index in [1.807, 2.05) is 0 Å². The van der Waals surface area contributed by atoms with E-state index in [9.17, 15) is 0 Å². The third-order valence-electron chi connectivity index (χ3n) is 4.35. The molecule has 1 aliphatic rings. The molecular weight excluding hydrogens is 290 g/mol. The van der Waals surface area contributed by atoms with E-state index in [4.69, 9.17) is 10.2 Å². The van der Waals surface area contributed by atoms with Crippen LogP contribution in [0.3, 0.4) is 0 Å². The van der Waals surface area contributed by atoms with Crippen LogP contribution in [0.5, 0.6) is 0 Å². The molecule has 6 nitrogen and oxygen atoms in total. The van der Waals surface area contributed by atoms with Gasteiger partial charge in [0.1, 0.15) is 0 Å². The summed E-state index contributed by atoms with van der Waals surface area (Å²) in [4.78, 5) is 2.56. The fourth-order valence-electron chi connectivity index (χ4n) is 3.09. The number of anilines is 1. The van der Waals surface area contributed by atoms with Gasteiger partial charge < -0.3 is 20.4 Å². The molecule has 1 aromatic heterocycles. The molecule has 0 saturated carbocycles. The Labute approximate surface area is 137 Å². The summed E-state index contributed by atoms with van der Waals surface area (Å²) in [6, 6.07) is 11.2. The minimum absolute atomic E-state index is 0.283. The van der Waals surface area contributed by atoms with Crippen molar-refractivity contribution in [3.05, 3.63) is 41.8 Å². The van der Waals surface area contributed by atoms with Crippen molar-refractivity contribution in [2.75, 3.05) is 31.5 Å². The molecule has 124 valence electrons. The van der Waals surface area contributed by atoms with Crippen LogP contribution < -0.4 is 11.1 Å². The van der Waals surface area contributed by atoms with Crippen molar-refractivity contribution in [1.82, 2.24) is 15.1 Å². The van der Waals surface area contributed by atoms with Gasteiger partial charge in [-0.15, -0.1) is 5.10 Å². The van der Waals surface area contributed by atoms with Crippen molar-refractivity contribution >= 4 is 6.01 Å². The van der Waals surface area contributed by atoms with Crippen molar-refractivity contribution in [1.29, 1.82) is 0 Å². The lowest BCUT2D eigenvalue weighted by Gasteiger charge is -2.32. The average Bonchev–Trinajstić information content (AvgIpc) is 3.08. The molecule has 1 aromatic carbocycles. The molecule has 3 N–H and O–H groups in total. The second-order valence-corrected chi connectivity index (χ2v) is 6.13. The molecule has 23 heavy (non-hydrogen) atoms. The molecule has 1 fully saturated rings. The van der Waals surface area contributed by atoms with E-state index in [0.29, 0.717) is 17.8 Å². The third kappa shape index (κ3) is 4.77. The quantitative estimate of drug-likeness (QED) is 0.812. The Bertz CT molecular complexity index is 586. The predicted octanol–water partition coefficient (Wildman–Crippen LogP) is 1.89. The van der Waals surface area contributed by atoms with Gasteiger partial charge in [0, 0.05) is 19.6 Å². The smallest absolute Gasteiger partial charge is 0.315 e. The zero-order valence-corrected chi connectivity index (χ0v) is 13.4.